The van der Waals surface area contributed by atoms with E-state index in [1.807, 2.05) is 4.68 Å². The molecule has 0 aliphatic carbocycles. The number of alkyl halides is 2. The van der Waals surface area contributed by atoms with Crippen molar-refractivity contribution in [2.24, 2.45) is 5.92 Å². The first kappa shape index (κ1) is 12.2. The predicted molar refractivity (Wildman–Crippen MR) is 65.2 cm³/mol. The van der Waals surface area contributed by atoms with Gasteiger partial charge in [-0.2, -0.15) is 5.10 Å². The van der Waals surface area contributed by atoms with Gasteiger partial charge in [0.15, 0.2) is 0 Å². The summed E-state index contributed by atoms with van der Waals surface area (Å²) in [5.41, 5.74) is 0. The molecule has 1 aromatic heterocycles. The van der Waals surface area contributed by atoms with Crippen LogP contribution in [-0.4, -0.2) is 25.4 Å². The summed E-state index contributed by atoms with van der Waals surface area (Å²) >= 11 is 6.99. The lowest BCUT2D eigenvalue weighted by Gasteiger charge is -2.13. The molecule has 0 amide bonds. The fraction of sp³-hybridized carbons (Fsp3) is 0.778. The van der Waals surface area contributed by atoms with Crippen LogP contribution in [0.15, 0.2) is 6.33 Å². The summed E-state index contributed by atoms with van der Waals surface area (Å²) in [7, 11) is 0. The molecule has 0 saturated heterocycles. The van der Waals surface area contributed by atoms with E-state index in [4.69, 9.17) is 0 Å². The topological polar surface area (TPSA) is 30.7 Å². The molecule has 0 atom stereocenters. The van der Waals surface area contributed by atoms with E-state index >= 15 is 0 Å². The van der Waals surface area contributed by atoms with Crippen molar-refractivity contribution in [3.8, 4) is 0 Å². The van der Waals surface area contributed by atoms with Crippen LogP contribution in [0.2, 0.25) is 0 Å². The maximum Gasteiger partial charge on any atom is 0.138 e. The molecule has 14 heavy (non-hydrogen) atoms. The van der Waals surface area contributed by atoms with E-state index in [0.29, 0.717) is 12.0 Å². The predicted octanol–water partition coefficient (Wildman–Crippen LogP) is 2.81. The number of nitrogens with zero attached hydrogens (tertiary/aromatic N) is 3. The summed E-state index contributed by atoms with van der Waals surface area (Å²) in [5, 5.41) is 6.19. The third kappa shape index (κ3) is 3.05. The van der Waals surface area contributed by atoms with E-state index in [9.17, 15) is 0 Å². The van der Waals surface area contributed by atoms with Gasteiger partial charge >= 0.3 is 0 Å². The van der Waals surface area contributed by atoms with Gasteiger partial charge in [0.1, 0.15) is 12.2 Å². The quantitative estimate of drug-likeness (QED) is 0.780. The lowest BCUT2D eigenvalue weighted by Crippen LogP contribution is -2.15. The molecule has 1 rings (SSSR count). The van der Waals surface area contributed by atoms with Crippen LogP contribution in [0.3, 0.4) is 0 Å². The number of rotatable bonds is 5. The van der Waals surface area contributed by atoms with Crippen LogP contribution in [0.4, 0.5) is 0 Å². The standard InChI is InChI=1S/C9H15Br2N3/c1-7(2)14-9(12-6-13-14)3-8(4-10)5-11/h6-8H,3-5H2,1-2H3. The molecule has 0 saturated carbocycles. The lowest BCUT2D eigenvalue weighted by molar-refractivity contribution is 0.487. The second kappa shape index (κ2) is 5.85. The average molecular weight is 325 g/mol. The van der Waals surface area contributed by atoms with Crippen molar-refractivity contribution in [1.29, 1.82) is 0 Å². The Hall–Kier alpha value is 0.100. The molecule has 80 valence electrons. The third-order valence-electron chi connectivity index (χ3n) is 2.04. The molecule has 0 spiro atoms. The molecule has 0 aliphatic heterocycles. The molecule has 5 heteroatoms. The minimum Gasteiger partial charge on any atom is -0.248 e. The zero-order chi connectivity index (χ0) is 10.6. The van der Waals surface area contributed by atoms with Gasteiger partial charge in [-0.05, 0) is 19.8 Å². The van der Waals surface area contributed by atoms with E-state index < -0.39 is 0 Å². The van der Waals surface area contributed by atoms with Crippen LogP contribution >= 0.6 is 31.9 Å². The summed E-state index contributed by atoms with van der Waals surface area (Å²) in [4.78, 5) is 4.28. The number of hydrogen-bond acceptors (Lipinski definition) is 2. The van der Waals surface area contributed by atoms with Crippen molar-refractivity contribution in [1.82, 2.24) is 14.8 Å². The first-order valence-corrected chi connectivity index (χ1v) is 6.93. The lowest BCUT2D eigenvalue weighted by atomic mass is 10.1. The van der Waals surface area contributed by atoms with Crippen molar-refractivity contribution in [2.45, 2.75) is 26.3 Å². The zero-order valence-corrected chi connectivity index (χ0v) is 11.6. The van der Waals surface area contributed by atoms with Crippen molar-refractivity contribution in [3.05, 3.63) is 12.2 Å². The van der Waals surface area contributed by atoms with Crippen LogP contribution in [0, 0.1) is 5.92 Å². The van der Waals surface area contributed by atoms with Gasteiger partial charge in [0.2, 0.25) is 0 Å². The van der Waals surface area contributed by atoms with Crippen LogP contribution in [0.25, 0.3) is 0 Å². The van der Waals surface area contributed by atoms with Crippen molar-refractivity contribution in [2.75, 3.05) is 10.7 Å². The Labute approximate surface area is 102 Å². The second-order valence-corrected chi connectivity index (χ2v) is 4.89. The maximum absolute atomic E-state index is 4.28. The summed E-state index contributed by atoms with van der Waals surface area (Å²) in [6, 6.07) is 0.388. The van der Waals surface area contributed by atoms with Gasteiger partial charge in [0, 0.05) is 23.1 Å². The van der Waals surface area contributed by atoms with Gasteiger partial charge in [0.05, 0.1) is 0 Å². The Bertz CT molecular complexity index is 269. The molecule has 0 unspecified atom stereocenters. The molecule has 1 aromatic rings. The molecule has 0 aliphatic rings. The molecule has 3 nitrogen and oxygen atoms in total. The molecule has 0 aromatic carbocycles. The van der Waals surface area contributed by atoms with E-state index in [2.05, 4.69) is 55.8 Å². The summed E-state index contributed by atoms with van der Waals surface area (Å²) in [6.07, 6.45) is 2.60. The van der Waals surface area contributed by atoms with Gasteiger partial charge in [-0.1, -0.05) is 31.9 Å². The molecule has 0 bridgehead atoms. The first-order chi connectivity index (χ1) is 6.69. The maximum atomic E-state index is 4.28. The third-order valence-corrected chi connectivity index (χ3v) is 3.88. The zero-order valence-electron chi connectivity index (χ0n) is 8.45. The summed E-state index contributed by atoms with van der Waals surface area (Å²) in [6.45, 7) is 4.24. The smallest absolute Gasteiger partial charge is 0.138 e. The Kier molecular flexibility index (Phi) is 5.09. The normalized spacial score (nSPS) is 11.6. The van der Waals surface area contributed by atoms with Crippen LogP contribution in [0.5, 0.6) is 0 Å². The number of halogens is 2. The van der Waals surface area contributed by atoms with Gasteiger partial charge < -0.3 is 0 Å². The monoisotopic (exact) mass is 323 g/mol. The highest BCUT2D eigenvalue weighted by Crippen LogP contribution is 2.14. The molecule has 0 radical (unpaired) electrons. The highest BCUT2D eigenvalue weighted by molar-refractivity contribution is 9.09. The molecular weight excluding hydrogens is 310 g/mol. The van der Waals surface area contributed by atoms with Crippen LogP contribution in [0.1, 0.15) is 25.7 Å². The van der Waals surface area contributed by atoms with Gasteiger partial charge in [-0.25, -0.2) is 9.67 Å². The number of aromatic nitrogens is 3. The Balaban J connectivity index is 2.70. The molecular formula is C9H15Br2N3. The van der Waals surface area contributed by atoms with Crippen molar-refractivity contribution < 1.29 is 0 Å². The minimum absolute atomic E-state index is 0.388. The van der Waals surface area contributed by atoms with E-state index in [1.54, 1.807) is 6.33 Å². The first-order valence-electron chi connectivity index (χ1n) is 4.69. The highest BCUT2D eigenvalue weighted by atomic mass is 79.9. The Morgan fingerprint density at radius 1 is 1.36 bits per heavy atom. The van der Waals surface area contributed by atoms with E-state index in [-0.39, 0.29) is 0 Å². The highest BCUT2D eigenvalue weighted by Gasteiger charge is 2.13. The van der Waals surface area contributed by atoms with Gasteiger partial charge in [-0.15, -0.1) is 0 Å². The fourth-order valence-electron chi connectivity index (χ4n) is 1.26. The van der Waals surface area contributed by atoms with Crippen LogP contribution < -0.4 is 0 Å². The summed E-state index contributed by atoms with van der Waals surface area (Å²) in [5.74, 6) is 1.65. The van der Waals surface area contributed by atoms with Gasteiger partial charge in [0.25, 0.3) is 0 Å². The van der Waals surface area contributed by atoms with Crippen molar-refractivity contribution >= 4 is 31.9 Å². The molecule has 0 N–H and O–H groups in total. The Morgan fingerprint density at radius 2 is 2.00 bits per heavy atom. The molecule has 1 heterocycles. The largest absolute Gasteiger partial charge is 0.248 e. The van der Waals surface area contributed by atoms with E-state index in [0.717, 1.165) is 22.9 Å². The van der Waals surface area contributed by atoms with Crippen molar-refractivity contribution in [3.63, 3.8) is 0 Å². The fourth-order valence-corrected chi connectivity index (χ4v) is 2.79. The van der Waals surface area contributed by atoms with Crippen LogP contribution in [-0.2, 0) is 6.42 Å². The molecule has 0 fully saturated rings. The minimum atomic E-state index is 0.388. The SMILES string of the molecule is CC(C)n1ncnc1CC(CBr)CBr. The number of hydrogen-bond donors (Lipinski definition) is 0. The van der Waals surface area contributed by atoms with E-state index in [1.165, 1.54) is 0 Å². The summed E-state index contributed by atoms with van der Waals surface area (Å²) < 4.78 is 1.98. The average Bonchev–Trinajstić information content (AvgIpc) is 2.62. The van der Waals surface area contributed by atoms with Gasteiger partial charge in [-0.3, -0.25) is 0 Å². The second-order valence-electron chi connectivity index (χ2n) is 3.59. The Morgan fingerprint density at radius 3 is 2.50 bits per heavy atom.